The van der Waals surface area contributed by atoms with E-state index in [9.17, 15) is 4.79 Å². The van der Waals surface area contributed by atoms with Crippen molar-refractivity contribution >= 4 is 45.2 Å². The van der Waals surface area contributed by atoms with Crippen LogP contribution >= 0.6 is 11.6 Å². The molecule has 5 rings (SSSR count). The molecule has 2 aromatic carbocycles. The number of hydrogen-bond acceptors (Lipinski definition) is 5. The summed E-state index contributed by atoms with van der Waals surface area (Å²) in [6.45, 7) is 7.54. The molecule has 1 aliphatic heterocycles. The van der Waals surface area contributed by atoms with Gasteiger partial charge in [0.2, 0.25) is 5.28 Å². The second-order valence-electron chi connectivity index (χ2n) is 10.4. The Labute approximate surface area is 210 Å². The van der Waals surface area contributed by atoms with Crippen LogP contribution in [0.5, 0.6) is 5.75 Å². The van der Waals surface area contributed by atoms with Crippen LogP contribution in [0.3, 0.4) is 0 Å². The van der Waals surface area contributed by atoms with Crippen molar-refractivity contribution in [2.45, 2.75) is 46.5 Å². The summed E-state index contributed by atoms with van der Waals surface area (Å²) in [6.07, 6.45) is 6.32. The van der Waals surface area contributed by atoms with Gasteiger partial charge < -0.3 is 14.2 Å². The molecule has 1 aliphatic rings. The van der Waals surface area contributed by atoms with E-state index in [1.54, 1.807) is 0 Å². The van der Waals surface area contributed by atoms with Crippen molar-refractivity contribution in [3.63, 3.8) is 0 Å². The average Bonchev–Trinajstić information content (AvgIpc) is 3.13. The number of fused-ring (bicyclic) bond motifs is 2. The molecule has 0 atom stereocenters. The number of halogens is 1. The van der Waals surface area contributed by atoms with Crippen LogP contribution in [0.15, 0.2) is 42.6 Å². The van der Waals surface area contributed by atoms with Gasteiger partial charge in [-0.1, -0.05) is 24.3 Å². The molecule has 2 aromatic heterocycles. The van der Waals surface area contributed by atoms with E-state index >= 15 is 0 Å². The number of anilines is 1. The zero-order chi connectivity index (χ0) is 24.7. The molecule has 182 valence electrons. The van der Waals surface area contributed by atoms with Gasteiger partial charge >= 0.3 is 5.97 Å². The van der Waals surface area contributed by atoms with Crippen LogP contribution in [0.2, 0.25) is 5.28 Å². The summed E-state index contributed by atoms with van der Waals surface area (Å²) in [5, 5.41) is 2.42. The molecule has 0 radical (unpaired) electrons. The number of carbonyl (C=O) groups excluding carboxylic acids is 1. The van der Waals surface area contributed by atoms with Crippen LogP contribution in [-0.4, -0.2) is 33.6 Å². The lowest BCUT2D eigenvalue weighted by Gasteiger charge is -2.28. The number of aryl methyl sites for hydroxylation is 1. The number of piperidine rings is 1. The molecule has 1 fully saturated rings. The fourth-order valence-corrected chi connectivity index (χ4v) is 4.97. The maximum Gasteiger partial charge on any atom is 0.316 e. The summed E-state index contributed by atoms with van der Waals surface area (Å²) in [5.41, 5.74) is 3.43. The monoisotopic (exact) mass is 490 g/mol. The second-order valence-corrected chi connectivity index (χ2v) is 10.8. The first-order valence-electron chi connectivity index (χ1n) is 12.2. The highest BCUT2D eigenvalue weighted by Crippen LogP contribution is 2.34. The normalized spacial score (nSPS) is 14.6. The van der Waals surface area contributed by atoms with Crippen LogP contribution < -0.4 is 9.64 Å². The summed E-state index contributed by atoms with van der Waals surface area (Å²) in [7, 11) is 2.04. The predicted molar refractivity (Wildman–Crippen MR) is 141 cm³/mol. The first kappa shape index (κ1) is 23.6. The fourth-order valence-electron chi connectivity index (χ4n) is 4.81. The van der Waals surface area contributed by atoms with Crippen molar-refractivity contribution in [3.05, 3.63) is 59.0 Å². The average molecular weight is 491 g/mol. The van der Waals surface area contributed by atoms with Crippen LogP contribution in [0.1, 0.15) is 51.2 Å². The van der Waals surface area contributed by atoms with Crippen molar-refractivity contribution in [2.24, 2.45) is 12.5 Å². The lowest BCUT2D eigenvalue weighted by molar-refractivity contribution is -0.142. The smallest absolute Gasteiger partial charge is 0.316 e. The van der Waals surface area contributed by atoms with E-state index in [0.29, 0.717) is 12.2 Å². The zero-order valence-electron chi connectivity index (χ0n) is 20.8. The number of carbonyl (C=O) groups is 1. The molecule has 0 amide bonds. The molecule has 35 heavy (non-hydrogen) atoms. The van der Waals surface area contributed by atoms with Gasteiger partial charge in [-0.3, -0.25) is 4.79 Å². The third-order valence-electron chi connectivity index (χ3n) is 6.63. The maximum atomic E-state index is 12.6. The number of hydrogen-bond donors (Lipinski definition) is 0. The molecule has 0 spiro atoms. The standard InChI is InChI=1S/C28H31ClN4O2/c1-28(2,3)26(34)35-21-15-18-10-6-7-11-22(18)19(16-21)14-20-17-32(4)24-23(20)30-27(29)31-25(24)33-12-8-5-9-13-33/h6-7,10-11,15-17H,5,8-9,12-14H2,1-4H3. The largest absolute Gasteiger partial charge is 0.426 e. The Balaban J connectivity index is 1.59. The fraction of sp³-hybridized carbons (Fsp3) is 0.393. The van der Waals surface area contributed by atoms with Crippen LogP contribution in [-0.2, 0) is 18.3 Å². The van der Waals surface area contributed by atoms with E-state index in [1.807, 2.05) is 58.2 Å². The number of benzene rings is 2. The van der Waals surface area contributed by atoms with Crippen molar-refractivity contribution in [1.29, 1.82) is 0 Å². The van der Waals surface area contributed by atoms with Crippen LogP contribution in [0.25, 0.3) is 21.8 Å². The summed E-state index contributed by atoms with van der Waals surface area (Å²) < 4.78 is 7.89. The van der Waals surface area contributed by atoms with E-state index in [4.69, 9.17) is 16.3 Å². The summed E-state index contributed by atoms with van der Waals surface area (Å²) >= 11 is 6.43. The highest BCUT2D eigenvalue weighted by molar-refractivity contribution is 6.28. The molecular formula is C28H31ClN4O2. The Morgan fingerprint density at radius 3 is 2.54 bits per heavy atom. The molecular weight excluding hydrogens is 460 g/mol. The number of esters is 1. The van der Waals surface area contributed by atoms with E-state index in [0.717, 1.165) is 64.7 Å². The summed E-state index contributed by atoms with van der Waals surface area (Å²) in [6, 6.07) is 12.1. The van der Waals surface area contributed by atoms with Gasteiger partial charge in [0, 0.05) is 38.3 Å². The highest BCUT2D eigenvalue weighted by Gasteiger charge is 2.25. The van der Waals surface area contributed by atoms with Gasteiger partial charge in [-0.05, 0) is 80.1 Å². The lowest BCUT2D eigenvalue weighted by atomic mass is 9.97. The molecule has 4 aromatic rings. The highest BCUT2D eigenvalue weighted by atomic mass is 35.5. The second kappa shape index (κ2) is 9.15. The molecule has 7 heteroatoms. The number of ether oxygens (including phenoxy) is 1. The quantitative estimate of drug-likeness (QED) is 0.190. The topological polar surface area (TPSA) is 60.3 Å². The molecule has 0 N–H and O–H groups in total. The van der Waals surface area contributed by atoms with E-state index in [2.05, 4.69) is 31.7 Å². The van der Waals surface area contributed by atoms with Gasteiger partial charge in [-0.25, -0.2) is 4.98 Å². The Kier molecular flexibility index (Phi) is 6.18. The van der Waals surface area contributed by atoms with E-state index in [1.165, 1.54) is 6.42 Å². The minimum absolute atomic E-state index is 0.255. The minimum Gasteiger partial charge on any atom is -0.426 e. The van der Waals surface area contributed by atoms with E-state index < -0.39 is 5.41 Å². The molecule has 0 saturated carbocycles. The molecule has 1 saturated heterocycles. The van der Waals surface area contributed by atoms with Gasteiger partial charge in [0.05, 0.1) is 10.9 Å². The van der Waals surface area contributed by atoms with Crippen molar-refractivity contribution in [3.8, 4) is 5.75 Å². The Bertz CT molecular complexity index is 1410. The number of aromatic nitrogens is 3. The third kappa shape index (κ3) is 4.72. The Morgan fingerprint density at radius 2 is 1.80 bits per heavy atom. The summed E-state index contributed by atoms with van der Waals surface area (Å²) in [4.78, 5) is 24.2. The molecule has 6 nitrogen and oxygen atoms in total. The van der Waals surface area contributed by atoms with E-state index in [-0.39, 0.29) is 11.3 Å². The number of rotatable bonds is 4. The van der Waals surface area contributed by atoms with Gasteiger partial charge in [0.1, 0.15) is 11.3 Å². The van der Waals surface area contributed by atoms with Crippen LogP contribution in [0, 0.1) is 5.41 Å². The van der Waals surface area contributed by atoms with Crippen molar-refractivity contribution in [2.75, 3.05) is 18.0 Å². The lowest BCUT2D eigenvalue weighted by Crippen LogP contribution is -2.30. The van der Waals surface area contributed by atoms with Gasteiger partial charge in [-0.2, -0.15) is 4.98 Å². The molecule has 0 unspecified atom stereocenters. The minimum atomic E-state index is -0.583. The van der Waals surface area contributed by atoms with Gasteiger partial charge in [0.25, 0.3) is 0 Å². The SMILES string of the molecule is Cn1cc(Cc2cc(OC(=O)C(C)(C)C)cc3ccccc23)c2nc(Cl)nc(N3CCCCC3)c21. The Morgan fingerprint density at radius 1 is 1.06 bits per heavy atom. The summed E-state index contributed by atoms with van der Waals surface area (Å²) in [5.74, 6) is 1.21. The first-order valence-corrected chi connectivity index (χ1v) is 12.6. The van der Waals surface area contributed by atoms with Gasteiger partial charge in [0.15, 0.2) is 5.82 Å². The van der Waals surface area contributed by atoms with Crippen LogP contribution in [0.4, 0.5) is 5.82 Å². The number of nitrogens with zero attached hydrogens (tertiary/aromatic N) is 4. The first-order chi connectivity index (χ1) is 16.7. The molecule has 0 bridgehead atoms. The van der Waals surface area contributed by atoms with Crippen molar-refractivity contribution in [1.82, 2.24) is 14.5 Å². The third-order valence-corrected chi connectivity index (χ3v) is 6.79. The van der Waals surface area contributed by atoms with Gasteiger partial charge in [-0.15, -0.1) is 0 Å². The molecule has 0 aliphatic carbocycles. The predicted octanol–water partition coefficient (Wildman–Crippen LogP) is 6.31. The zero-order valence-corrected chi connectivity index (χ0v) is 21.5. The Hall–Kier alpha value is -3.12. The van der Waals surface area contributed by atoms with Crippen molar-refractivity contribution < 1.29 is 9.53 Å². The maximum absolute atomic E-state index is 12.6. The molecule has 3 heterocycles.